The maximum absolute atomic E-state index is 6.29. The molecule has 1 aliphatic heterocycles. The summed E-state index contributed by atoms with van der Waals surface area (Å²) in [7, 11) is 0. The molecule has 1 rings (SSSR count). The van der Waals surface area contributed by atoms with Crippen molar-refractivity contribution >= 4 is 0 Å². The van der Waals surface area contributed by atoms with Crippen LogP contribution >= 0.6 is 0 Å². The third-order valence-corrected chi connectivity index (χ3v) is 3.39. The highest BCUT2D eigenvalue weighted by molar-refractivity contribution is 4.91. The van der Waals surface area contributed by atoms with Gasteiger partial charge in [0, 0.05) is 19.7 Å². The van der Waals surface area contributed by atoms with E-state index in [1.54, 1.807) is 0 Å². The third-order valence-electron chi connectivity index (χ3n) is 3.39. The zero-order valence-corrected chi connectivity index (χ0v) is 10.5. The van der Waals surface area contributed by atoms with Gasteiger partial charge in [-0.25, -0.2) is 0 Å². The van der Waals surface area contributed by atoms with Crippen LogP contribution in [0.25, 0.3) is 0 Å². The predicted molar refractivity (Wildman–Crippen MR) is 63.9 cm³/mol. The van der Waals surface area contributed by atoms with Crippen molar-refractivity contribution in [2.24, 2.45) is 11.7 Å². The second-order valence-corrected chi connectivity index (χ2v) is 5.01. The van der Waals surface area contributed by atoms with Crippen LogP contribution in [0.5, 0.6) is 0 Å². The predicted octanol–water partition coefficient (Wildman–Crippen LogP) is 1.47. The Kier molecular flexibility index (Phi) is 5.03. The van der Waals surface area contributed by atoms with E-state index in [1.807, 2.05) is 0 Å². The first-order valence-electron chi connectivity index (χ1n) is 6.18. The smallest absolute Gasteiger partial charge is 0.0659 e. The van der Waals surface area contributed by atoms with Gasteiger partial charge in [0.2, 0.25) is 0 Å². The zero-order chi connectivity index (χ0) is 11.3. The molecule has 1 heterocycles. The van der Waals surface area contributed by atoms with Crippen molar-refractivity contribution in [1.29, 1.82) is 0 Å². The summed E-state index contributed by atoms with van der Waals surface area (Å²) in [5.41, 5.74) is 6.19. The molecular weight excluding hydrogens is 188 g/mol. The summed E-state index contributed by atoms with van der Waals surface area (Å²) in [4.78, 5) is 2.46. The van der Waals surface area contributed by atoms with Crippen LogP contribution in [0.2, 0.25) is 0 Å². The number of nitrogens with two attached hydrogens (primary N) is 1. The van der Waals surface area contributed by atoms with Gasteiger partial charge in [-0.1, -0.05) is 27.2 Å². The van der Waals surface area contributed by atoms with Gasteiger partial charge in [0.05, 0.1) is 12.1 Å². The summed E-state index contributed by atoms with van der Waals surface area (Å²) in [5, 5.41) is 0. The van der Waals surface area contributed by atoms with Crippen molar-refractivity contribution in [2.45, 2.75) is 39.2 Å². The molecule has 0 amide bonds. The fourth-order valence-electron chi connectivity index (χ4n) is 2.07. The number of hydrogen-bond acceptors (Lipinski definition) is 3. The molecule has 0 aromatic rings. The average molecular weight is 214 g/mol. The lowest BCUT2D eigenvalue weighted by Crippen LogP contribution is -2.51. The van der Waals surface area contributed by atoms with Crippen LogP contribution in [-0.4, -0.2) is 43.3 Å². The molecule has 0 saturated carbocycles. The fourth-order valence-corrected chi connectivity index (χ4v) is 2.07. The highest BCUT2D eigenvalue weighted by Gasteiger charge is 2.32. The first-order chi connectivity index (χ1) is 7.09. The highest BCUT2D eigenvalue weighted by atomic mass is 16.5. The summed E-state index contributed by atoms with van der Waals surface area (Å²) in [6.45, 7) is 11.5. The van der Waals surface area contributed by atoms with E-state index in [-0.39, 0.29) is 5.54 Å². The van der Waals surface area contributed by atoms with E-state index in [4.69, 9.17) is 10.5 Å². The summed E-state index contributed by atoms with van der Waals surface area (Å²) in [5.74, 6) is 0.760. The van der Waals surface area contributed by atoms with Gasteiger partial charge in [-0.05, 0) is 18.9 Å². The molecule has 15 heavy (non-hydrogen) atoms. The third kappa shape index (κ3) is 4.09. The molecule has 0 aromatic carbocycles. The maximum atomic E-state index is 6.29. The number of ether oxygens (including phenoxy) is 1. The zero-order valence-electron chi connectivity index (χ0n) is 10.5. The largest absolute Gasteiger partial charge is 0.379 e. The van der Waals surface area contributed by atoms with Gasteiger partial charge in [0.15, 0.2) is 0 Å². The van der Waals surface area contributed by atoms with Gasteiger partial charge < -0.3 is 15.4 Å². The Morgan fingerprint density at radius 2 is 2.20 bits per heavy atom. The minimum atomic E-state index is -0.0938. The molecule has 2 unspecified atom stereocenters. The van der Waals surface area contributed by atoms with Crippen molar-refractivity contribution in [1.82, 2.24) is 4.90 Å². The lowest BCUT2D eigenvalue weighted by molar-refractivity contribution is 0.147. The van der Waals surface area contributed by atoms with Gasteiger partial charge in [-0.3, -0.25) is 0 Å². The topological polar surface area (TPSA) is 38.5 Å². The van der Waals surface area contributed by atoms with Crippen LogP contribution in [-0.2, 0) is 4.74 Å². The Bertz CT molecular complexity index is 178. The summed E-state index contributed by atoms with van der Waals surface area (Å²) in [6.07, 6.45) is 2.24. The first kappa shape index (κ1) is 12.9. The SMILES string of the molecule is CCC(C)CN(CC)CC1(N)CCOC1. The quantitative estimate of drug-likeness (QED) is 0.728. The molecule has 1 fully saturated rings. The van der Waals surface area contributed by atoms with Crippen molar-refractivity contribution in [3.05, 3.63) is 0 Å². The van der Waals surface area contributed by atoms with Gasteiger partial charge >= 0.3 is 0 Å². The molecule has 0 aliphatic carbocycles. The van der Waals surface area contributed by atoms with Crippen LogP contribution < -0.4 is 5.73 Å². The fraction of sp³-hybridized carbons (Fsp3) is 1.00. The summed E-state index contributed by atoms with van der Waals surface area (Å²) >= 11 is 0. The number of nitrogens with zero attached hydrogens (tertiary/aromatic N) is 1. The molecule has 90 valence electrons. The van der Waals surface area contributed by atoms with Crippen LogP contribution in [0.4, 0.5) is 0 Å². The molecule has 1 saturated heterocycles. The van der Waals surface area contributed by atoms with Gasteiger partial charge in [-0.2, -0.15) is 0 Å². The van der Waals surface area contributed by atoms with E-state index in [2.05, 4.69) is 25.7 Å². The Hall–Kier alpha value is -0.120. The monoisotopic (exact) mass is 214 g/mol. The second-order valence-electron chi connectivity index (χ2n) is 5.01. The van der Waals surface area contributed by atoms with Crippen molar-refractivity contribution in [3.8, 4) is 0 Å². The van der Waals surface area contributed by atoms with E-state index < -0.39 is 0 Å². The van der Waals surface area contributed by atoms with Crippen LogP contribution in [0.1, 0.15) is 33.6 Å². The second kappa shape index (κ2) is 5.83. The van der Waals surface area contributed by atoms with Crippen LogP contribution in [0, 0.1) is 5.92 Å². The molecule has 0 spiro atoms. The van der Waals surface area contributed by atoms with Crippen LogP contribution in [0.15, 0.2) is 0 Å². The highest BCUT2D eigenvalue weighted by Crippen LogP contribution is 2.17. The van der Waals surface area contributed by atoms with E-state index >= 15 is 0 Å². The number of hydrogen-bond donors (Lipinski definition) is 1. The van der Waals surface area contributed by atoms with Crippen molar-refractivity contribution < 1.29 is 4.74 Å². The van der Waals surface area contributed by atoms with Gasteiger partial charge in [0.1, 0.15) is 0 Å². The van der Waals surface area contributed by atoms with E-state index in [1.165, 1.54) is 6.42 Å². The number of rotatable bonds is 6. The average Bonchev–Trinajstić information content (AvgIpc) is 2.63. The Morgan fingerprint density at radius 3 is 2.67 bits per heavy atom. The normalized spacial score (nSPS) is 28.6. The Labute approximate surface area is 94.0 Å². The lowest BCUT2D eigenvalue weighted by atomic mass is 9.98. The Balaban J connectivity index is 2.38. The first-order valence-corrected chi connectivity index (χ1v) is 6.18. The van der Waals surface area contributed by atoms with Gasteiger partial charge in [0.25, 0.3) is 0 Å². The molecule has 0 bridgehead atoms. The Morgan fingerprint density at radius 1 is 1.47 bits per heavy atom. The maximum Gasteiger partial charge on any atom is 0.0659 e. The molecule has 1 aliphatic rings. The molecule has 3 heteroatoms. The lowest BCUT2D eigenvalue weighted by Gasteiger charge is -2.32. The molecule has 2 N–H and O–H groups in total. The van der Waals surface area contributed by atoms with Crippen molar-refractivity contribution in [2.75, 3.05) is 32.8 Å². The molecule has 3 nitrogen and oxygen atoms in total. The van der Waals surface area contributed by atoms with E-state index in [9.17, 15) is 0 Å². The minimum absolute atomic E-state index is 0.0938. The molecule has 0 radical (unpaired) electrons. The van der Waals surface area contributed by atoms with Crippen LogP contribution in [0.3, 0.4) is 0 Å². The number of likely N-dealkylation sites (N-methyl/N-ethyl adjacent to an activating group) is 1. The van der Waals surface area contributed by atoms with Gasteiger partial charge in [-0.15, -0.1) is 0 Å². The molecular formula is C12H26N2O. The van der Waals surface area contributed by atoms with Crippen molar-refractivity contribution in [3.63, 3.8) is 0 Å². The van der Waals surface area contributed by atoms with E-state index in [0.29, 0.717) is 0 Å². The summed E-state index contributed by atoms with van der Waals surface area (Å²) < 4.78 is 5.39. The minimum Gasteiger partial charge on any atom is -0.379 e. The standard InChI is InChI=1S/C12H26N2O/c1-4-11(3)8-14(5-2)9-12(13)6-7-15-10-12/h11H,4-10,13H2,1-3H3. The summed E-state index contributed by atoms with van der Waals surface area (Å²) in [6, 6.07) is 0. The molecule has 0 aromatic heterocycles. The molecule has 2 atom stereocenters. The van der Waals surface area contributed by atoms with E-state index in [0.717, 1.165) is 45.2 Å².